The van der Waals surface area contributed by atoms with Gasteiger partial charge in [0.05, 0.1) is 15.9 Å². The van der Waals surface area contributed by atoms with Crippen LogP contribution < -0.4 is 9.16 Å². The molecule has 0 saturated heterocycles. The second-order valence-corrected chi connectivity index (χ2v) is 12.7. The molecule has 28 heavy (non-hydrogen) atoms. The van der Waals surface area contributed by atoms with Crippen LogP contribution in [0.2, 0.25) is 18.1 Å². The molecule has 9 heteroatoms. The van der Waals surface area contributed by atoms with Crippen LogP contribution in [0, 0.1) is 20.2 Å². The first kappa shape index (κ1) is 21.4. The zero-order chi connectivity index (χ0) is 21.1. The Morgan fingerprint density at radius 2 is 1.36 bits per heavy atom. The fraction of sp³-hybridized carbons (Fsp3) is 0.368. The Kier molecular flexibility index (Phi) is 6.08. The molecule has 0 saturated carbocycles. The second-order valence-electron chi connectivity index (χ2n) is 7.99. The molecule has 0 radical (unpaired) electrons. The van der Waals surface area contributed by atoms with Crippen molar-refractivity contribution < 1.29 is 19.0 Å². The minimum Gasteiger partial charge on any atom is -0.543 e. The van der Waals surface area contributed by atoms with Gasteiger partial charge in [0.15, 0.2) is 0 Å². The Labute approximate surface area is 164 Å². The number of nitro benzene ring substituents is 2. The fourth-order valence-corrected chi connectivity index (χ4v) is 3.20. The Bertz CT molecular complexity index is 843. The lowest BCUT2D eigenvalue weighted by Gasteiger charge is -2.36. The first-order chi connectivity index (χ1) is 12.9. The van der Waals surface area contributed by atoms with Crippen molar-refractivity contribution in [1.29, 1.82) is 0 Å². The minimum atomic E-state index is -1.94. The molecule has 0 bridgehead atoms. The van der Waals surface area contributed by atoms with Crippen molar-refractivity contribution in [2.75, 3.05) is 0 Å². The molecule has 0 aromatic heterocycles. The SMILES string of the molecule is CC(C)(C)[Si](C)(C)Oc1ccc(OCc2cc([N+](=O)[O-])cc([N+](=O)[O-])c2)cc1. The molecule has 0 aliphatic rings. The highest BCUT2D eigenvalue weighted by molar-refractivity contribution is 6.74. The lowest BCUT2D eigenvalue weighted by Crippen LogP contribution is -2.43. The number of hydrogen-bond donors (Lipinski definition) is 0. The fourth-order valence-electron chi connectivity index (χ4n) is 2.17. The van der Waals surface area contributed by atoms with Crippen molar-refractivity contribution in [1.82, 2.24) is 0 Å². The summed E-state index contributed by atoms with van der Waals surface area (Å²) in [5.41, 5.74) is -0.334. The van der Waals surface area contributed by atoms with E-state index in [1.807, 2.05) is 12.1 Å². The summed E-state index contributed by atoms with van der Waals surface area (Å²) in [4.78, 5) is 20.6. The smallest absolute Gasteiger partial charge is 0.276 e. The van der Waals surface area contributed by atoms with Crippen LogP contribution in [-0.2, 0) is 6.61 Å². The molecule has 2 aromatic carbocycles. The third-order valence-corrected chi connectivity index (χ3v) is 9.15. The zero-order valence-electron chi connectivity index (χ0n) is 16.6. The molecule has 0 spiro atoms. The summed E-state index contributed by atoms with van der Waals surface area (Å²) in [7, 11) is -1.94. The van der Waals surface area contributed by atoms with E-state index < -0.39 is 18.2 Å². The molecule has 2 aromatic rings. The van der Waals surface area contributed by atoms with E-state index in [0.29, 0.717) is 11.3 Å². The molecule has 2 rings (SSSR count). The van der Waals surface area contributed by atoms with E-state index in [0.717, 1.165) is 11.8 Å². The number of nitro groups is 2. The van der Waals surface area contributed by atoms with E-state index in [9.17, 15) is 20.2 Å². The number of hydrogen-bond acceptors (Lipinski definition) is 6. The van der Waals surface area contributed by atoms with Gasteiger partial charge in [-0.05, 0) is 42.4 Å². The average molecular weight is 404 g/mol. The summed E-state index contributed by atoms with van der Waals surface area (Å²) in [5, 5.41) is 22.0. The third-order valence-electron chi connectivity index (χ3n) is 4.79. The molecule has 0 heterocycles. The first-order valence-electron chi connectivity index (χ1n) is 8.74. The van der Waals surface area contributed by atoms with Gasteiger partial charge in [-0.15, -0.1) is 0 Å². The van der Waals surface area contributed by atoms with Crippen molar-refractivity contribution in [3.8, 4) is 11.5 Å². The molecule has 0 N–H and O–H groups in total. The van der Waals surface area contributed by atoms with Crippen LogP contribution in [-0.4, -0.2) is 18.2 Å². The zero-order valence-corrected chi connectivity index (χ0v) is 17.6. The Morgan fingerprint density at radius 1 is 0.893 bits per heavy atom. The highest BCUT2D eigenvalue weighted by Gasteiger charge is 2.38. The van der Waals surface area contributed by atoms with Crippen LogP contribution in [0.4, 0.5) is 11.4 Å². The molecule has 0 aliphatic carbocycles. The maximum atomic E-state index is 11.0. The summed E-state index contributed by atoms with van der Waals surface area (Å²) in [6.45, 7) is 10.8. The monoisotopic (exact) mass is 404 g/mol. The summed E-state index contributed by atoms with van der Waals surface area (Å²) in [6, 6.07) is 10.6. The molecule has 0 amide bonds. The topological polar surface area (TPSA) is 105 Å². The molecule has 0 unspecified atom stereocenters. The van der Waals surface area contributed by atoms with Gasteiger partial charge < -0.3 is 9.16 Å². The van der Waals surface area contributed by atoms with Gasteiger partial charge in [0.25, 0.3) is 11.4 Å². The van der Waals surface area contributed by atoms with Crippen LogP contribution in [0.25, 0.3) is 0 Å². The second kappa shape index (κ2) is 7.97. The highest BCUT2D eigenvalue weighted by Crippen LogP contribution is 2.37. The van der Waals surface area contributed by atoms with Gasteiger partial charge in [0.1, 0.15) is 18.1 Å². The Balaban J connectivity index is 2.10. The van der Waals surface area contributed by atoms with E-state index in [1.165, 1.54) is 12.1 Å². The summed E-state index contributed by atoms with van der Waals surface area (Å²) < 4.78 is 11.8. The lowest BCUT2D eigenvalue weighted by atomic mass is 10.2. The minimum absolute atomic E-state index is 0.0229. The van der Waals surface area contributed by atoms with Crippen molar-refractivity contribution in [2.45, 2.75) is 45.5 Å². The molecular formula is C19H24N2O6Si. The average Bonchev–Trinajstić information content (AvgIpc) is 2.59. The Hall–Kier alpha value is -2.94. The summed E-state index contributed by atoms with van der Waals surface area (Å²) >= 11 is 0. The summed E-state index contributed by atoms with van der Waals surface area (Å²) in [5.74, 6) is 1.29. The molecule has 8 nitrogen and oxygen atoms in total. The van der Waals surface area contributed by atoms with Crippen LogP contribution >= 0.6 is 0 Å². The number of benzene rings is 2. The van der Waals surface area contributed by atoms with Gasteiger partial charge in [0, 0.05) is 17.7 Å². The van der Waals surface area contributed by atoms with Gasteiger partial charge in [-0.3, -0.25) is 20.2 Å². The quantitative estimate of drug-likeness (QED) is 0.344. The summed E-state index contributed by atoms with van der Waals surface area (Å²) in [6.07, 6.45) is 0. The highest BCUT2D eigenvalue weighted by atomic mass is 28.4. The van der Waals surface area contributed by atoms with Gasteiger partial charge in [-0.2, -0.15) is 0 Å². The van der Waals surface area contributed by atoms with Crippen LogP contribution in [0.3, 0.4) is 0 Å². The lowest BCUT2D eigenvalue weighted by molar-refractivity contribution is -0.394. The van der Waals surface area contributed by atoms with Crippen molar-refractivity contribution >= 4 is 19.7 Å². The van der Waals surface area contributed by atoms with E-state index in [4.69, 9.17) is 9.16 Å². The molecule has 0 atom stereocenters. The van der Waals surface area contributed by atoms with Gasteiger partial charge in [0.2, 0.25) is 8.32 Å². The van der Waals surface area contributed by atoms with Crippen molar-refractivity contribution in [2.24, 2.45) is 0 Å². The largest absolute Gasteiger partial charge is 0.543 e. The number of ether oxygens (including phenoxy) is 1. The maximum absolute atomic E-state index is 11.0. The number of nitrogens with zero attached hydrogens (tertiary/aromatic N) is 2. The normalized spacial score (nSPS) is 11.8. The molecular weight excluding hydrogens is 380 g/mol. The van der Waals surface area contributed by atoms with Gasteiger partial charge >= 0.3 is 0 Å². The van der Waals surface area contributed by atoms with Gasteiger partial charge in [-0.25, -0.2) is 0 Å². The van der Waals surface area contributed by atoms with E-state index in [1.54, 1.807) is 12.1 Å². The third kappa shape index (κ3) is 5.29. The number of rotatable bonds is 7. The maximum Gasteiger partial charge on any atom is 0.276 e. The van der Waals surface area contributed by atoms with Crippen LogP contribution in [0.15, 0.2) is 42.5 Å². The van der Waals surface area contributed by atoms with E-state index in [-0.39, 0.29) is 23.0 Å². The van der Waals surface area contributed by atoms with E-state index in [2.05, 4.69) is 33.9 Å². The molecule has 0 aliphatic heterocycles. The van der Waals surface area contributed by atoms with Crippen molar-refractivity contribution in [3.05, 3.63) is 68.3 Å². The predicted molar refractivity (Wildman–Crippen MR) is 108 cm³/mol. The first-order valence-corrected chi connectivity index (χ1v) is 11.6. The van der Waals surface area contributed by atoms with E-state index >= 15 is 0 Å². The van der Waals surface area contributed by atoms with Crippen LogP contribution in [0.1, 0.15) is 26.3 Å². The molecule has 150 valence electrons. The Morgan fingerprint density at radius 3 is 1.79 bits per heavy atom. The number of non-ortho nitro benzene ring substituents is 2. The predicted octanol–water partition coefficient (Wildman–Crippen LogP) is 5.47. The van der Waals surface area contributed by atoms with Gasteiger partial charge in [-0.1, -0.05) is 20.8 Å². The molecule has 0 fully saturated rings. The van der Waals surface area contributed by atoms with Crippen LogP contribution in [0.5, 0.6) is 11.5 Å². The standard InChI is InChI=1S/C19H24N2O6Si/c1-19(2,3)28(4,5)27-18-8-6-17(7-9-18)26-13-14-10-15(20(22)23)12-16(11-14)21(24)25/h6-12H,13H2,1-5H3. The van der Waals surface area contributed by atoms with Crippen molar-refractivity contribution in [3.63, 3.8) is 0 Å².